The van der Waals surface area contributed by atoms with E-state index in [0.29, 0.717) is 56.8 Å². The fourth-order valence-electron chi connectivity index (χ4n) is 17.9. The van der Waals surface area contributed by atoms with Gasteiger partial charge < -0.3 is 76.2 Å². The number of carbonyl (C=O) groups is 2. The number of aliphatic hydroxyl groups is 1. The number of fused-ring (bicyclic) bond motifs is 9. The first-order valence-electron chi connectivity index (χ1n) is 32.6. The van der Waals surface area contributed by atoms with Gasteiger partial charge in [-0.25, -0.2) is 0 Å². The van der Waals surface area contributed by atoms with Gasteiger partial charge in [-0.3, -0.25) is 9.59 Å². The minimum absolute atomic E-state index is 0.00523. The first-order chi connectivity index (χ1) is 39.9. The summed E-state index contributed by atoms with van der Waals surface area (Å²) >= 11 is 0. The Bertz CT molecular complexity index is 2340. The Morgan fingerprint density at radius 3 is 2.19 bits per heavy atom. The quantitative estimate of drug-likeness (QED) is 0.147. The molecule has 18 nitrogen and oxygen atoms in total. The summed E-state index contributed by atoms with van der Waals surface area (Å²) in [7, 11) is 3.24. The monoisotopic (exact) mass is 1170 g/mol. The van der Waals surface area contributed by atoms with Crippen LogP contribution in [0.25, 0.3) is 0 Å². The van der Waals surface area contributed by atoms with E-state index in [1.807, 2.05) is 0 Å². The van der Waals surface area contributed by atoms with Crippen molar-refractivity contribution in [1.29, 1.82) is 0 Å². The molecular formula is C65H98O18. The van der Waals surface area contributed by atoms with E-state index in [1.165, 1.54) is 0 Å². The molecule has 0 aromatic heterocycles. The van der Waals surface area contributed by atoms with Crippen LogP contribution in [0.5, 0.6) is 0 Å². The highest BCUT2D eigenvalue weighted by Crippen LogP contribution is 2.55. The van der Waals surface area contributed by atoms with Crippen molar-refractivity contribution < 1.29 is 85.7 Å². The first kappa shape index (κ1) is 60.0. The average molecular weight is 1170 g/mol. The molecule has 14 aliphatic heterocycles. The van der Waals surface area contributed by atoms with E-state index in [2.05, 4.69) is 54.7 Å². The number of esters is 1. The molecule has 83 heavy (non-hydrogen) atoms. The van der Waals surface area contributed by atoms with Crippen LogP contribution in [0.1, 0.15) is 164 Å². The van der Waals surface area contributed by atoms with E-state index >= 15 is 0 Å². The lowest BCUT2D eigenvalue weighted by molar-refractivity contribution is -0.293. The van der Waals surface area contributed by atoms with Crippen molar-refractivity contribution in [3.05, 3.63) is 24.3 Å². The molecule has 14 saturated heterocycles. The molecule has 32 unspecified atom stereocenters. The number of ether oxygens (including phenoxy) is 15. The van der Waals surface area contributed by atoms with Crippen molar-refractivity contribution >= 4 is 11.8 Å². The van der Waals surface area contributed by atoms with Crippen LogP contribution in [-0.2, 0) is 80.6 Å². The minimum atomic E-state index is -1.05. The number of ketones is 1. The van der Waals surface area contributed by atoms with Gasteiger partial charge in [-0.15, -0.1) is 0 Å². The van der Waals surface area contributed by atoms with Gasteiger partial charge in [0, 0.05) is 71.5 Å². The Kier molecular flexibility index (Phi) is 17.6. The number of rotatable bonds is 12. The van der Waals surface area contributed by atoms with Crippen molar-refractivity contribution in [3.63, 3.8) is 0 Å². The van der Waals surface area contributed by atoms with Crippen molar-refractivity contribution in [2.75, 3.05) is 14.2 Å². The van der Waals surface area contributed by atoms with Gasteiger partial charge in [0.2, 0.25) is 0 Å². The molecule has 0 aromatic carbocycles. The maximum absolute atomic E-state index is 14.6. The molecular weight excluding hydrogens is 1070 g/mol. The number of methoxy groups -OCH3 is 2. The molecule has 14 aliphatic rings. The van der Waals surface area contributed by atoms with Gasteiger partial charge in [0.15, 0.2) is 5.79 Å². The lowest BCUT2D eigenvalue weighted by Crippen LogP contribution is -2.62. The van der Waals surface area contributed by atoms with Crippen LogP contribution >= 0.6 is 0 Å². The Hall–Kier alpha value is -1.98. The molecule has 14 fully saturated rings. The maximum atomic E-state index is 14.6. The summed E-state index contributed by atoms with van der Waals surface area (Å²) < 4.78 is 101. The topological polar surface area (TPSA) is 193 Å². The van der Waals surface area contributed by atoms with Crippen molar-refractivity contribution in [2.24, 2.45) is 29.6 Å². The molecule has 14 rings (SSSR count). The van der Waals surface area contributed by atoms with Crippen molar-refractivity contribution in [1.82, 2.24) is 0 Å². The normalized spacial score (nSPS) is 50.9. The largest absolute Gasteiger partial charge is 0.459 e. The first-order valence-corrected chi connectivity index (χ1v) is 32.6. The van der Waals surface area contributed by atoms with Gasteiger partial charge in [0.25, 0.3) is 0 Å². The number of aliphatic hydroxyl groups excluding tert-OH is 1. The average Bonchev–Trinajstić information content (AvgIpc) is 2.22. The van der Waals surface area contributed by atoms with E-state index in [0.717, 1.165) is 68.9 Å². The van der Waals surface area contributed by atoms with Gasteiger partial charge in [-0.2, -0.15) is 0 Å². The number of hydrogen-bond acceptors (Lipinski definition) is 18. The Balaban J connectivity index is 0.678. The second-order valence-corrected chi connectivity index (χ2v) is 28.3. The molecule has 12 bridgehead atoms. The van der Waals surface area contributed by atoms with Crippen LogP contribution in [0.3, 0.4) is 0 Å². The number of carbonyl (C=O) groups excluding carboxylic acids is 2. The molecule has 1 spiro atoms. The molecule has 0 aliphatic carbocycles. The Morgan fingerprint density at radius 2 is 1.39 bits per heavy atom. The summed E-state index contributed by atoms with van der Waals surface area (Å²) in [6, 6.07) is 0. The van der Waals surface area contributed by atoms with E-state index in [1.54, 1.807) is 14.2 Å². The molecule has 0 aromatic rings. The van der Waals surface area contributed by atoms with E-state index in [9.17, 15) is 14.7 Å². The fourth-order valence-corrected chi connectivity index (χ4v) is 17.9. The second-order valence-electron chi connectivity index (χ2n) is 28.3. The zero-order valence-electron chi connectivity index (χ0n) is 50.6. The van der Waals surface area contributed by atoms with Gasteiger partial charge in [0.1, 0.15) is 42.4 Å². The molecule has 14 heterocycles. The van der Waals surface area contributed by atoms with E-state index in [-0.39, 0.29) is 134 Å². The SMILES string of the molecule is C=C1CC2CCC34CC5OC6C(OC7CCC(CC(=O)OC8C(CC9OC(CCC1O2)CC(C)C9=C)OC1CC(OC)C(CC(=O)CC(O)C(OC)C(C)CC2CC(C)C9OC%10CC(C(C)CC)OC%10CC9O2)OC1C8C)OC7C6O3)C5O4. The predicted octanol–water partition coefficient (Wildman–Crippen LogP) is 7.76. The Labute approximate surface area is 491 Å². The highest BCUT2D eigenvalue weighted by Gasteiger charge is 2.69. The molecule has 0 saturated carbocycles. The van der Waals surface area contributed by atoms with Crippen LogP contribution in [0, 0.1) is 29.6 Å². The smallest absolute Gasteiger partial charge is 0.308 e. The zero-order chi connectivity index (χ0) is 57.7. The third kappa shape index (κ3) is 11.8. The summed E-state index contributed by atoms with van der Waals surface area (Å²) in [6.45, 7) is 22.1. The summed E-state index contributed by atoms with van der Waals surface area (Å²) in [5.41, 5.74) is 2.11. The Morgan fingerprint density at radius 1 is 0.663 bits per heavy atom. The molecule has 0 radical (unpaired) electrons. The molecule has 32 atom stereocenters. The van der Waals surface area contributed by atoms with Gasteiger partial charge in [-0.1, -0.05) is 61.1 Å². The molecule has 18 heteroatoms. The molecule has 466 valence electrons. The highest BCUT2D eigenvalue weighted by molar-refractivity contribution is 5.79. The summed E-state index contributed by atoms with van der Waals surface area (Å²) in [5, 5.41) is 11.8. The molecule has 0 amide bonds. The van der Waals surface area contributed by atoms with Gasteiger partial charge in [0.05, 0.1) is 129 Å². The zero-order valence-corrected chi connectivity index (χ0v) is 50.6. The van der Waals surface area contributed by atoms with Crippen LogP contribution < -0.4 is 0 Å². The highest BCUT2D eigenvalue weighted by atomic mass is 16.8. The minimum Gasteiger partial charge on any atom is -0.459 e. The third-order valence-electron chi connectivity index (χ3n) is 22.6. The van der Waals surface area contributed by atoms with Crippen molar-refractivity contribution in [2.45, 2.75) is 328 Å². The lowest BCUT2D eigenvalue weighted by atomic mass is 9.79. The standard InChI is InChI=1S/C65H98O18/c1-11-30(2)45-25-50-49(75-45)28-51-57(78-50)34(6)21-41(73-51)20-33(5)56(70-10)42(67)22-37(66)23-48-47(69-9)27-53-58(79-48)36(8)59-52(76-53)26-46-35(7)31(3)18-38(72-46)12-14-43-32(4)19-40(71-43)16-17-65-29-54-61(82-65)62-63(80-54)64(83-65)60-44(77-62)15-13-39(74-60)24-55(68)81-59/h30-31,33-34,36,38-54,56-64,67H,4,7,11-29H2,1-3,5-6,8-10H3. The summed E-state index contributed by atoms with van der Waals surface area (Å²) in [6.07, 6.45) is 4.26. The predicted molar refractivity (Wildman–Crippen MR) is 299 cm³/mol. The molecule has 1 N–H and O–H groups in total. The van der Waals surface area contributed by atoms with Crippen LogP contribution in [0.4, 0.5) is 0 Å². The second kappa shape index (κ2) is 24.4. The summed E-state index contributed by atoms with van der Waals surface area (Å²) in [5.74, 6) is -0.845. The summed E-state index contributed by atoms with van der Waals surface area (Å²) in [4.78, 5) is 28.8. The lowest BCUT2D eigenvalue weighted by Gasteiger charge is -2.51. The van der Waals surface area contributed by atoms with Crippen LogP contribution in [-0.4, -0.2) is 196 Å². The maximum Gasteiger partial charge on any atom is 0.308 e. The van der Waals surface area contributed by atoms with Crippen LogP contribution in [0.15, 0.2) is 24.3 Å². The van der Waals surface area contributed by atoms with E-state index in [4.69, 9.17) is 71.1 Å². The van der Waals surface area contributed by atoms with Gasteiger partial charge in [-0.05, 0) is 92.6 Å². The van der Waals surface area contributed by atoms with E-state index < -0.39 is 78.9 Å². The third-order valence-corrected chi connectivity index (χ3v) is 22.6. The van der Waals surface area contributed by atoms with Crippen LogP contribution in [0.2, 0.25) is 0 Å². The fraction of sp³-hybridized carbons (Fsp3) is 0.908. The van der Waals surface area contributed by atoms with Gasteiger partial charge >= 0.3 is 5.97 Å². The number of Topliss-reactive ketones (excluding diaryl/α,β-unsaturated/α-hetero) is 1. The number of hydrogen-bond donors (Lipinski definition) is 1. The van der Waals surface area contributed by atoms with Crippen molar-refractivity contribution in [3.8, 4) is 0 Å².